The van der Waals surface area contributed by atoms with Gasteiger partial charge in [-0.25, -0.2) is 18.1 Å². The van der Waals surface area contributed by atoms with Gasteiger partial charge in [-0.3, -0.25) is 0 Å². The molecule has 110 valence electrons. The maximum atomic E-state index is 12.4. The number of nitrogens with zero attached hydrogens (tertiary/aromatic N) is 1. The van der Waals surface area contributed by atoms with Gasteiger partial charge in [0.1, 0.15) is 16.4 Å². The van der Waals surface area contributed by atoms with Crippen molar-refractivity contribution in [1.82, 2.24) is 9.71 Å². The molecule has 0 bridgehead atoms. The molecule has 0 aliphatic rings. The largest absolute Gasteiger partial charge is 0.465 e. The summed E-state index contributed by atoms with van der Waals surface area (Å²) in [7, 11) is -3.66. The van der Waals surface area contributed by atoms with Gasteiger partial charge in [0.25, 0.3) is 0 Å². The number of sulfonamides is 1. The predicted octanol–water partition coefficient (Wildman–Crippen LogP) is 1.60. The number of nitrogens with two attached hydrogens (primary N) is 1. The summed E-state index contributed by atoms with van der Waals surface area (Å²) in [6.07, 6.45) is 0. The van der Waals surface area contributed by atoms with Gasteiger partial charge in [-0.1, -0.05) is 0 Å². The Morgan fingerprint density at radius 1 is 1.35 bits per heavy atom. The molecular formula is C12H17N3O3S2. The second kappa shape index (κ2) is 5.65. The maximum absolute atomic E-state index is 12.4. The van der Waals surface area contributed by atoms with Crippen LogP contribution in [0.15, 0.2) is 14.7 Å². The molecule has 0 spiro atoms. The van der Waals surface area contributed by atoms with Gasteiger partial charge in [-0.05, 0) is 20.8 Å². The summed E-state index contributed by atoms with van der Waals surface area (Å²) < 4.78 is 32.7. The molecular weight excluding hydrogens is 298 g/mol. The molecule has 0 radical (unpaired) electrons. The lowest BCUT2D eigenvalue weighted by Gasteiger charge is -2.06. The normalized spacial score (nSPS) is 12.0. The molecule has 0 saturated carbocycles. The van der Waals surface area contributed by atoms with E-state index in [1.807, 2.05) is 12.3 Å². The number of thiazole rings is 1. The van der Waals surface area contributed by atoms with Crippen LogP contribution in [-0.4, -0.2) is 13.4 Å². The van der Waals surface area contributed by atoms with Crippen LogP contribution in [-0.2, 0) is 23.1 Å². The van der Waals surface area contributed by atoms with Gasteiger partial charge in [0.15, 0.2) is 0 Å². The highest BCUT2D eigenvalue weighted by Crippen LogP contribution is 2.26. The topological polar surface area (TPSA) is 98.2 Å². The van der Waals surface area contributed by atoms with Crippen LogP contribution in [0, 0.1) is 20.8 Å². The number of hydrogen-bond acceptors (Lipinski definition) is 6. The van der Waals surface area contributed by atoms with Crippen LogP contribution in [0.4, 0.5) is 0 Å². The highest BCUT2D eigenvalue weighted by Gasteiger charge is 2.26. The van der Waals surface area contributed by atoms with Crippen molar-refractivity contribution >= 4 is 21.4 Å². The minimum absolute atomic E-state index is 0.120. The lowest BCUT2D eigenvalue weighted by Crippen LogP contribution is -2.25. The zero-order valence-corrected chi connectivity index (χ0v) is 13.2. The first-order valence-corrected chi connectivity index (χ1v) is 8.41. The second-order valence-corrected chi connectivity index (χ2v) is 7.17. The summed E-state index contributed by atoms with van der Waals surface area (Å²) >= 11 is 1.48. The average Bonchev–Trinajstić information content (AvgIpc) is 2.90. The molecule has 2 rings (SSSR count). The van der Waals surface area contributed by atoms with Gasteiger partial charge in [-0.15, -0.1) is 11.3 Å². The zero-order chi connectivity index (χ0) is 14.9. The Morgan fingerprint density at radius 3 is 2.60 bits per heavy atom. The lowest BCUT2D eigenvalue weighted by atomic mass is 10.2. The number of aryl methyl sites for hydroxylation is 3. The molecule has 0 aromatic carbocycles. The molecule has 2 heterocycles. The average molecular weight is 315 g/mol. The fraction of sp³-hybridized carbons (Fsp3) is 0.417. The summed E-state index contributed by atoms with van der Waals surface area (Å²) in [5.41, 5.74) is 6.82. The van der Waals surface area contributed by atoms with E-state index in [0.29, 0.717) is 22.8 Å². The number of rotatable bonds is 5. The number of nitrogens with one attached hydrogen (secondary N) is 1. The van der Waals surface area contributed by atoms with Gasteiger partial charge in [0.05, 0.1) is 17.2 Å². The van der Waals surface area contributed by atoms with Crippen LogP contribution in [0.2, 0.25) is 0 Å². The van der Waals surface area contributed by atoms with Gasteiger partial charge in [0, 0.05) is 17.5 Å². The maximum Gasteiger partial charge on any atom is 0.244 e. The highest BCUT2D eigenvalue weighted by molar-refractivity contribution is 7.89. The van der Waals surface area contributed by atoms with E-state index in [0.717, 1.165) is 5.01 Å². The van der Waals surface area contributed by atoms with Crippen LogP contribution < -0.4 is 10.5 Å². The molecule has 0 atom stereocenters. The molecule has 0 aliphatic heterocycles. The fourth-order valence-electron chi connectivity index (χ4n) is 2.03. The van der Waals surface area contributed by atoms with Crippen LogP contribution in [0.5, 0.6) is 0 Å². The van der Waals surface area contributed by atoms with E-state index < -0.39 is 10.0 Å². The van der Waals surface area contributed by atoms with E-state index >= 15 is 0 Å². The molecule has 0 saturated heterocycles. The molecule has 0 unspecified atom stereocenters. The van der Waals surface area contributed by atoms with Crippen molar-refractivity contribution < 1.29 is 12.8 Å². The molecule has 2 aromatic heterocycles. The third kappa shape index (κ3) is 2.93. The molecule has 0 aliphatic carbocycles. The van der Waals surface area contributed by atoms with Gasteiger partial charge in [0.2, 0.25) is 10.0 Å². The first kappa shape index (κ1) is 15.2. The predicted molar refractivity (Wildman–Crippen MR) is 76.9 cm³/mol. The van der Waals surface area contributed by atoms with Crippen LogP contribution in [0.25, 0.3) is 0 Å². The van der Waals surface area contributed by atoms with Crippen molar-refractivity contribution in [3.8, 4) is 0 Å². The SMILES string of the molecule is Cc1nc(CNS(=O)(=O)c2c(C)oc(C)c2CN)cs1. The summed E-state index contributed by atoms with van der Waals surface area (Å²) in [6, 6.07) is 0. The molecule has 0 fully saturated rings. The fourth-order valence-corrected chi connectivity index (χ4v) is 4.09. The van der Waals surface area contributed by atoms with Crippen LogP contribution >= 0.6 is 11.3 Å². The van der Waals surface area contributed by atoms with E-state index in [1.54, 1.807) is 13.8 Å². The van der Waals surface area contributed by atoms with Crippen molar-refractivity contribution in [2.75, 3.05) is 0 Å². The second-order valence-electron chi connectivity index (χ2n) is 4.41. The molecule has 8 heteroatoms. The molecule has 0 amide bonds. The van der Waals surface area contributed by atoms with E-state index in [2.05, 4.69) is 9.71 Å². The Kier molecular flexibility index (Phi) is 4.28. The molecule has 2 aromatic rings. The Labute approximate surface area is 122 Å². The van der Waals surface area contributed by atoms with E-state index in [4.69, 9.17) is 10.2 Å². The summed E-state index contributed by atoms with van der Waals surface area (Å²) in [4.78, 5) is 4.36. The van der Waals surface area contributed by atoms with Gasteiger partial charge in [-0.2, -0.15) is 0 Å². The third-order valence-electron chi connectivity index (χ3n) is 2.91. The highest BCUT2D eigenvalue weighted by atomic mass is 32.2. The Balaban J connectivity index is 2.27. The smallest absolute Gasteiger partial charge is 0.244 e. The summed E-state index contributed by atoms with van der Waals surface area (Å²) in [5.74, 6) is 0.889. The standard InChI is InChI=1S/C12H17N3O3S2/c1-7-11(4-13)12(8(2)18-7)20(16,17)14-5-10-6-19-9(3)15-10/h6,14H,4-5,13H2,1-3H3. The molecule has 20 heavy (non-hydrogen) atoms. The van der Waals surface area contributed by atoms with Gasteiger partial charge < -0.3 is 10.2 Å². The van der Waals surface area contributed by atoms with Crippen molar-refractivity contribution in [2.24, 2.45) is 5.73 Å². The van der Waals surface area contributed by atoms with Crippen LogP contribution in [0.1, 0.15) is 27.8 Å². The Bertz CT molecular complexity index is 716. The number of hydrogen-bond donors (Lipinski definition) is 2. The summed E-state index contributed by atoms with van der Waals surface area (Å²) in [5, 5.41) is 2.73. The number of aromatic nitrogens is 1. The summed E-state index contributed by atoms with van der Waals surface area (Å²) in [6.45, 7) is 5.47. The van der Waals surface area contributed by atoms with Crippen molar-refractivity contribution in [2.45, 2.75) is 38.8 Å². The Morgan fingerprint density at radius 2 is 2.05 bits per heavy atom. The first-order valence-electron chi connectivity index (χ1n) is 6.04. The zero-order valence-electron chi connectivity index (χ0n) is 11.6. The van der Waals surface area contributed by atoms with E-state index in [-0.39, 0.29) is 18.0 Å². The van der Waals surface area contributed by atoms with E-state index in [1.165, 1.54) is 11.3 Å². The lowest BCUT2D eigenvalue weighted by molar-refractivity contribution is 0.494. The minimum atomic E-state index is -3.66. The van der Waals surface area contributed by atoms with Crippen molar-refractivity contribution in [3.63, 3.8) is 0 Å². The minimum Gasteiger partial charge on any atom is -0.465 e. The third-order valence-corrected chi connectivity index (χ3v) is 5.33. The monoisotopic (exact) mass is 315 g/mol. The molecule has 6 nitrogen and oxygen atoms in total. The molecule has 3 N–H and O–H groups in total. The Hall–Kier alpha value is -1.22. The quantitative estimate of drug-likeness (QED) is 0.873. The van der Waals surface area contributed by atoms with E-state index in [9.17, 15) is 8.42 Å². The van der Waals surface area contributed by atoms with Crippen molar-refractivity contribution in [3.05, 3.63) is 33.2 Å². The van der Waals surface area contributed by atoms with Gasteiger partial charge >= 0.3 is 0 Å². The van der Waals surface area contributed by atoms with Crippen molar-refractivity contribution in [1.29, 1.82) is 0 Å². The van der Waals surface area contributed by atoms with Crippen LogP contribution in [0.3, 0.4) is 0 Å². The first-order chi connectivity index (χ1) is 9.35. The number of furan rings is 1.